The summed E-state index contributed by atoms with van der Waals surface area (Å²) in [6.45, 7) is 2.30. The third-order valence-corrected chi connectivity index (χ3v) is 3.56. The van der Waals surface area contributed by atoms with E-state index in [0.29, 0.717) is 23.7 Å². The molecule has 2 atom stereocenters. The SMILES string of the molecule is CC1CCN(C(=O)Nc2ccc(Cl)cc2)C1C(=O)O. The summed E-state index contributed by atoms with van der Waals surface area (Å²) in [5.74, 6) is -0.996. The predicted octanol–water partition coefficient (Wildman–Crippen LogP) is 2.67. The van der Waals surface area contributed by atoms with Crippen molar-refractivity contribution in [3.05, 3.63) is 29.3 Å². The number of aliphatic carboxylic acids is 1. The van der Waals surface area contributed by atoms with Crippen molar-refractivity contribution in [2.75, 3.05) is 11.9 Å². The first-order valence-electron chi connectivity index (χ1n) is 6.05. The zero-order chi connectivity index (χ0) is 14.0. The molecule has 1 aromatic carbocycles. The Morgan fingerprint density at radius 1 is 1.37 bits per heavy atom. The Labute approximate surface area is 116 Å². The minimum atomic E-state index is -0.962. The van der Waals surface area contributed by atoms with Crippen LogP contribution in [-0.2, 0) is 4.79 Å². The lowest BCUT2D eigenvalue weighted by Crippen LogP contribution is -2.44. The van der Waals surface area contributed by atoms with Crippen LogP contribution in [0, 0.1) is 5.92 Å². The smallest absolute Gasteiger partial charge is 0.326 e. The number of halogens is 1. The zero-order valence-corrected chi connectivity index (χ0v) is 11.2. The van der Waals surface area contributed by atoms with Crippen molar-refractivity contribution in [3.8, 4) is 0 Å². The Hall–Kier alpha value is -1.75. The van der Waals surface area contributed by atoms with Gasteiger partial charge >= 0.3 is 12.0 Å². The number of likely N-dealkylation sites (tertiary alicyclic amines) is 1. The van der Waals surface area contributed by atoms with Gasteiger partial charge in [0.1, 0.15) is 6.04 Å². The van der Waals surface area contributed by atoms with Gasteiger partial charge in [-0.1, -0.05) is 18.5 Å². The van der Waals surface area contributed by atoms with E-state index in [-0.39, 0.29) is 11.9 Å². The van der Waals surface area contributed by atoms with Crippen molar-refractivity contribution in [1.82, 2.24) is 4.90 Å². The van der Waals surface area contributed by atoms with Crippen LogP contribution in [0.2, 0.25) is 5.02 Å². The summed E-state index contributed by atoms with van der Waals surface area (Å²) in [5.41, 5.74) is 0.595. The highest BCUT2D eigenvalue weighted by Crippen LogP contribution is 2.25. The maximum atomic E-state index is 12.1. The van der Waals surface area contributed by atoms with Crippen molar-refractivity contribution in [3.63, 3.8) is 0 Å². The summed E-state index contributed by atoms with van der Waals surface area (Å²) in [6.07, 6.45) is 0.699. The second-order valence-corrected chi connectivity index (χ2v) is 5.12. The maximum Gasteiger partial charge on any atom is 0.326 e. The fourth-order valence-corrected chi connectivity index (χ4v) is 2.41. The highest BCUT2D eigenvalue weighted by molar-refractivity contribution is 6.30. The summed E-state index contributed by atoms with van der Waals surface area (Å²) >= 11 is 5.76. The average Bonchev–Trinajstić information content (AvgIpc) is 2.74. The van der Waals surface area contributed by atoms with Gasteiger partial charge in [-0.15, -0.1) is 0 Å². The highest BCUT2D eigenvalue weighted by Gasteiger charge is 2.39. The minimum absolute atomic E-state index is 0.0338. The molecule has 0 aliphatic carbocycles. The largest absolute Gasteiger partial charge is 0.480 e. The Kier molecular flexibility index (Phi) is 3.95. The van der Waals surface area contributed by atoms with Crippen LogP contribution in [0.3, 0.4) is 0 Å². The fraction of sp³-hybridized carbons (Fsp3) is 0.385. The molecule has 1 aromatic rings. The Balaban J connectivity index is 2.07. The van der Waals surface area contributed by atoms with E-state index in [9.17, 15) is 9.59 Å². The first-order chi connectivity index (χ1) is 8.99. The monoisotopic (exact) mass is 282 g/mol. The van der Waals surface area contributed by atoms with Crippen molar-refractivity contribution in [1.29, 1.82) is 0 Å². The Bertz CT molecular complexity index is 489. The van der Waals surface area contributed by atoms with E-state index < -0.39 is 12.0 Å². The first-order valence-corrected chi connectivity index (χ1v) is 6.43. The minimum Gasteiger partial charge on any atom is -0.480 e. The number of hydrogen-bond acceptors (Lipinski definition) is 2. The van der Waals surface area contributed by atoms with Gasteiger partial charge in [0.2, 0.25) is 0 Å². The van der Waals surface area contributed by atoms with E-state index in [1.54, 1.807) is 24.3 Å². The van der Waals surface area contributed by atoms with E-state index in [4.69, 9.17) is 16.7 Å². The van der Waals surface area contributed by atoms with Crippen LogP contribution in [0.4, 0.5) is 10.5 Å². The number of nitrogens with one attached hydrogen (secondary N) is 1. The molecule has 0 saturated carbocycles. The molecule has 1 aliphatic rings. The molecular formula is C13H15ClN2O3. The molecular weight excluding hydrogens is 268 g/mol. The first kappa shape index (κ1) is 13.7. The number of hydrogen-bond donors (Lipinski definition) is 2. The fourth-order valence-electron chi connectivity index (χ4n) is 2.28. The summed E-state index contributed by atoms with van der Waals surface area (Å²) in [7, 11) is 0. The summed E-state index contributed by atoms with van der Waals surface area (Å²) in [6, 6.07) is 5.54. The molecule has 1 heterocycles. The molecule has 2 rings (SSSR count). The van der Waals surface area contributed by atoms with Crippen LogP contribution in [0.5, 0.6) is 0 Å². The standard InChI is InChI=1S/C13H15ClN2O3/c1-8-6-7-16(11(8)12(17)18)13(19)15-10-4-2-9(14)3-5-10/h2-5,8,11H,6-7H2,1H3,(H,15,19)(H,17,18). The number of anilines is 1. The van der Waals surface area contributed by atoms with Crippen molar-refractivity contribution < 1.29 is 14.7 Å². The predicted molar refractivity (Wildman–Crippen MR) is 72.4 cm³/mol. The van der Waals surface area contributed by atoms with Crippen molar-refractivity contribution >= 4 is 29.3 Å². The highest BCUT2D eigenvalue weighted by atomic mass is 35.5. The van der Waals surface area contributed by atoms with Gasteiger partial charge in [0.05, 0.1) is 0 Å². The molecule has 2 unspecified atom stereocenters. The Morgan fingerprint density at radius 2 is 2.00 bits per heavy atom. The summed E-state index contributed by atoms with van der Waals surface area (Å²) < 4.78 is 0. The van der Waals surface area contributed by atoms with Crippen LogP contribution in [0.15, 0.2) is 24.3 Å². The summed E-state index contributed by atoms with van der Waals surface area (Å²) in [5, 5.41) is 12.4. The normalized spacial score (nSPS) is 22.3. The quantitative estimate of drug-likeness (QED) is 0.876. The van der Waals surface area contributed by atoms with Crippen LogP contribution in [-0.4, -0.2) is 34.6 Å². The van der Waals surface area contributed by atoms with Gasteiger partial charge < -0.3 is 15.3 Å². The molecule has 1 saturated heterocycles. The van der Waals surface area contributed by atoms with E-state index in [0.717, 1.165) is 0 Å². The van der Waals surface area contributed by atoms with Crippen LogP contribution in [0.25, 0.3) is 0 Å². The molecule has 0 radical (unpaired) electrons. The van der Waals surface area contributed by atoms with Gasteiger partial charge in [0.15, 0.2) is 0 Å². The second-order valence-electron chi connectivity index (χ2n) is 4.68. The van der Waals surface area contributed by atoms with Gasteiger partial charge in [0, 0.05) is 17.3 Å². The number of carbonyl (C=O) groups excluding carboxylic acids is 1. The lowest BCUT2D eigenvalue weighted by Gasteiger charge is -2.23. The van der Waals surface area contributed by atoms with Crippen molar-refractivity contribution in [2.24, 2.45) is 5.92 Å². The van der Waals surface area contributed by atoms with E-state index in [1.807, 2.05) is 6.92 Å². The lowest BCUT2D eigenvalue weighted by molar-refractivity contribution is -0.142. The number of nitrogens with zero attached hydrogens (tertiary/aromatic N) is 1. The van der Waals surface area contributed by atoms with Gasteiger partial charge in [-0.05, 0) is 36.6 Å². The Morgan fingerprint density at radius 3 is 2.58 bits per heavy atom. The van der Waals surface area contributed by atoms with Gasteiger partial charge in [-0.2, -0.15) is 0 Å². The van der Waals surface area contributed by atoms with Gasteiger partial charge in [-0.3, -0.25) is 0 Å². The van der Waals surface area contributed by atoms with E-state index in [2.05, 4.69) is 5.32 Å². The van der Waals surface area contributed by atoms with E-state index >= 15 is 0 Å². The molecule has 0 bridgehead atoms. The van der Waals surface area contributed by atoms with Crippen molar-refractivity contribution in [2.45, 2.75) is 19.4 Å². The third kappa shape index (κ3) is 2.98. The molecule has 2 N–H and O–H groups in total. The lowest BCUT2D eigenvalue weighted by atomic mass is 10.0. The number of benzene rings is 1. The maximum absolute atomic E-state index is 12.1. The molecule has 0 aromatic heterocycles. The van der Waals surface area contributed by atoms with Gasteiger partial charge in [0.25, 0.3) is 0 Å². The number of urea groups is 1. The van der Waals surface area contributed by atoms with Gasteiger partial charge in [-0.25, -0.2) is 9.59 Å². The molecule has 5 nitrogen and oxygen atoms in total. The average molecular weight is 283 g/mol. The number of carboxylic acid groups (broad SMARTS) is 1. The molecule has 102 valence electrons. The third-order valence-electron chi connectivity index (χ3n) is 3.31. The molecule has 19 heavy (non-hydrogen) atoms. The van der Waals surface area contributed by atoms with Crippen LogP contribution >= 0.6 is 11.6 Å². The second kappa shape index (κ2) is 5.48. The molecule has 2 amide bonds. The molecule has 0 spiro atoms. The molecule has 6 heteroatoms. The number of rotatable bonds is 2. The number of carboxylic acids is 1. The zero-order valence-electron chi connectivity index (χ0n) is 10.5. The number of amides is 2. The van der Waals surface area contributed by atoms with Crippen LogP contribution < -0.4 is 5.32 Å². The molecule has 1 aliphatic heterocycles. The molecule has 1 fully saturated rings. The van der Waals surface area contributed by atoms with Crippen LogP contribution in [0.1, 0.15) is 13.3 Å². The summed E-state index contributed by atoms with van der Waals surface area (Å²) in [4.78, 5) is 24.6. The van der Waals surface area contributed by atoms with E-state index in [1.165, 1.54) is 4.90 Å². The number of carbonyl (C=O) groups is 2. The topological polar surface area (TPSA) is 69.6 Å².